The Bertz CT molecular complexity index is 511. The van der Waals surface area contributed by atoms with E-state index in [4.69, 9.17) is 0 Å². The van der Waals surface area contributed by atoms with E-state index in [0.717, 1.165) is 25.2 Å². The summed E-state index contributed by atoms with van der Waals surface area (Å²) in [6, 6.07) is 2.92. The number of piperidine rings is 1. The van der Waals surface area contributed by atoms with Gasteiger partial charge in [-0.2, -0.15) is 0 Å². The number of carbonyl (C=O) groups excluding carboxylic acids is 1. The minimum atomic E-state index is -0.745. The second-order valence-corrected chi connectivity index (χ2v) is 6.35. The number of rotatable bonds is 3. The van der Waals surface area contributed by atoms with Crippen LogP contribution in [0.5, 0.6) is 0 Å². The minimum absolute atomic E-state index is 0.0331. The molecule has 0 aliphatic carbocycles. The average Bonchev–Trinajstić information content (AvgIpc) is 2.40. The molecule has 3 nitrogen and oxygen atoms in total. The van der Waals surface area contributed by atoms with Gasteiger partial charge in [0.1, 0.15) is 11.6 Å². The molecule has 1 saturated heterocycles. The van der Waals surface area contributed by atoms with E-state index in [1.807, 2.05) is 6.92 Å². The summed E-state index contributed by atoms with van der Waals surface area (Å²) < 4.78 is 26.4. The third-order valence-electron chi connectivity index (χ3n) is 4.22. The van der Waals surface area contributed by atoms with Crippen LogP contribution in [0.25, 0.3) is 0 Å². The molecule has 1 aliphatic heterocycles. The molecule has 1 aromatic carbocycles. The fourth-order valence-corrected chi connectivity index (χ4v) is 3.20. The highest BCUT2D eigenvalue weighted by molar-refractivity contribution is 5.93. The summed E-state index contributed by atoms with van der Waals surface area (Å²) in [4.78, 5) is 13.5. The summed E-state index contributed by atoms with van der Waals surface area (Å²) in [7, 11) is 0. The quantitative estimate of drug-likeness (QED) is 0.877. The summed E-state index contributed by atoms with van der Waals surface area (Å²) in [5, 5.41) is 2.56. The molecule has 1 fully saturated rings. The molecule has 1 aliphatic rings. The Balaban J connectivity index is 2.02. The number of halogens is 2. The van der Waals surface area contributed by atoms with Gasteiger partial charge in [0.2, 0.25) is 0 Å². The van der Waals surface area contributed by atoms with Crippen molar-refractivity contribution < 1.29 is 18.5 Å². The molecular formula is C16H23F2N2O+. The SMILES string of the molecule is C[C@H]1C[C@H](C)C[NH+]([C@@H](C)C(=O)Nc2ccc(F)cc2F)C1. The summed E-state index contributed by atoms with van der Waals surface area (Å²) >= 11 is 0. The molecule has 0 radical (unpaired) electrons. The van der Waals surface area contributed by atoms with E-state index >= 15 is 0 Å². The smallest absolute Gasteiger partial charge is 0.282 e. The van der Waals surface area contributed by atoms with Gasteiger partial charge in [0.05, 0.1) is 18.8 Å². The highest BCUT2D eigenvalue weighted by Crippen LogP contribution is 2.16. The lowest BCUT2D eigenvalue weighted by Gasteiger charge is -2.35. The molecule has 0 spiro atoms. The monoisotopic (exact) mass is 297 g/mol. The molecule has 1 aromatic rings. The lowest BCUT2D eigenvalue weighted by atomic mass is 9.91. The van der Waals surface area contributed by atoms with Crippen molar-refractivity contribution >= 4 is 11.6 Å². The Labute approximate surface area is 124 Å². The topological polar surface area (TPSA) is 33.5 Å². The Morgan fingerprint density at radius 1 is 1.29 bits per heavy atom. The summed E-state index contributed by atoms with van der Waals surface area (Å²) in [6.45, 7) is 8.15. The molecule has 2 rings (SSSR count). The lowest BCUT2D eigenvalue weighted by Crippen LogP contribution is -3.18. The number of nitrogens with one attached hydrogen (secondary N) is 2. The third-order valence-corrected chi connectivity index (χ3v) is 4.22. The zero-order valence-corrected chi connectivity index (χ0v) is 12.7. The van der Waals surface area contributed by atoms with Gasteiger partial charge in [0.15, 0.2) is 6.04 Å². The van der Waals surface area contributed by atoms with Crippen LogP contribution in [0.15, 0.2) is 18.2 Å². The first-order chi connectivity index (χ1) is 9.86. The zero-order valence-electron chi connectivity index (χ0n) is 12.7. The number of quaternary nitrogens is 1. The highest BCUT2D eigenvalue weighted by atomic mass is 19.1. The number of carbonyl (C=O) groups is 1. The first kappa shape index (κ1) is 15.9. The predicted molar refractivity (Wildman–Crippen MR) is 78.1 cm³/mol. The van der Waals surface area contributed by atoms with Crippen LogP contribution in [0.4, 0.5) is 14.5 Å². The number of anilines is 1. The number of likely N-dealkylation sites (tertiary alicyclic amines) is 1. The number of amides is 1. The molecule has 2 N–H and O–H groups in total. The first-order valence-corrected chi connectivity index (χ1v) is 7.47. The summed E-state index contributed by atoms with van der Waals surface area (Å²) in [6.07, 6.45) is 1.18. The maximum atomic E-state index is 13.6. The van der Waals surface area contributed by atoms with Crippen LogP contribution in [0.1, 0.15) is 27.2 Å². The van der Waals surface area contributed by atoms with Gasteiger partial charge in [-0.05, 0) is 25.5 Å². The molecule has 5 heteroatoms. The molecule has 116 valence electrons. The maximum absolute atomic E-state index is 13.6. The van der Waals surface area contributed by atoms with Crippen LogP contribution in [0.2, 0.25) is 0 Å². The molecule has 0 aromatic heterocycles. The van der Waals surface area contributed by atoms with Gasteiger partial charge in [-0.3, -0.25) is 4.79 Å². The number of benzene rings is 1. The van der Waals surface area contributed by atoms with Gasteiger partial charge in [-0.15, -0.1) is 0 Å². The van der Waals surface area contributed by atoms with Gasteiger partial charge >= 0.3 is 0 Å². The second-order valence-electron chi connectivity index (χ2n) is 6.35. The van der Waals surface area contributed by atoms with E-state index in [9.17, 15) is 13.6 Å². The van der Waals surface area contributed by atoms with Gasteiger partial charge in [-0.1, -0.05) is 13.8 Å². The molecule has 0 bridgehead atoms. The van der Waals surface area contributed by atoms with Crippen LogP contribution in [-0.2, 0) is 4.79 Å². The van der Waals surface area contributed by atoms with Crippen molar-refractivity contribution in [1.29, 1.82) is 0 Å². The Kier molecular flexibility index (Phi) is 4.93. The summed E-state index contributed by atoms with van der Waals surface area (Å²) in [5.41, 5.74) is 0.0331. The van der Waals surface area contributed by atoms with Crippen molar-refractivity contribution in [3.8, 4) is 0 Å². The standard InChI is InChI=1S/C16H22F2N2O/c1-10-6-11(2)9-20(8-10)12(3)16(21)19-15-5-4-13(17)7-14(15)18/h4-5,7,10-12H,6,8-9H2,1-3H3,(H,19,21)/p+1/t10-,11-,12-/m0/s1. The van der Waals surface area contributed by atoms with Crippen molar-refractivity contribution in [1.82, 2.24) is 0 Å². The van der Waals surface area contributed by atoms with Crippen LogP contribution in [0.3, 0.4) is 0 Å². The molecule has 0 saturated carbocycles. The maximum Gasteiger partial charge on any atom is 0.282 e. The Morgan fingerprint density at radius 2 is 1.90 bits per heavy atom. The van der Waals surface area contributed by atoms with E-state index in [2.05, 4.69) is 19.2 Å². The van der Waals surface area contributed by atoms with Gasteiger partial charge < -0.3 is 10.2 Å². The lowest BCUT2D eigenvalue weighted by molar-refractivity contribution is -0.925. The van der Waals surface area contributed by atoms with E-state index in [0.29, 0.717) is 11.8 Å². The number of hydrogen-bond acceptors (Lipinski definition) is 1. The minimum Gasteiger partial charge on any atom is -0.324 e. The zero-order chi connectivity index (χ0) is 15.6. The van der Waals surface area contributed by atoms with E-state index < -0.39 is 11.6 Å². The van der Waals surface area contributed by atoms with Crippen LogP contribution in [0, 0.1) is 23.5 Å². The first-order valence-electron chi connectivity index (χ1n) is 7.47. The van der Waals surface area contributed by atoms with Crippen molar-refractivity contribution in [3.63, 3.8) is 0 Å². The van der Waals surface area contributed by atoms with Crippen LogP contribution >= 0.6 is 0 Å². The van der Waals surface area contributed by atoms with E-state index in [1.54, 1.807) is 0 Å². The van der Waals surface area contributed by atoms with Gasteiger partial charge in [-0.25, -0.2) is 8.78 Å². The average molecular weight is 297 g/mol. The number of hydrogen-bond donors (Lipinski definition) is 2. The highest BCUT2D eigenvalue weighted by Gasteiger charge is 2.32. The molecule has 21 heavy (non-hydrogen) atoms. The molecule has 0 unspecified atom stereocenters. The van der Waals surface area contributed by atoms with Crippen molar-refractivity contribution in [2.45, 2.75) is 33.2 Å². The fourth-order valence-electron chi connectivity index (χ4n) is 3.20. The second kappa shape index (κ2) is 6.52. The molecular weight excluding hydrogens is 274 g/mol. The van der Waals surface area contributed by atoms with Gasteiger partial charge in [0.25, 0.3) is 5.91 Å². The van der Waals surface area contributed by atoms with Crippen molar-refractivity contribution in [3.05, 3.63) is 29.8 Å². The molecule has 3 atom stereocenters. The van der Waals surface area contributed by atoms with E-state index in [1.165, 1.54) is 17.4 Å². The predicted octanol–water partition coefficient (Wildman–Crippen LogP) is 1.85. The van der Waals surface area contributed by atoms with Crippen molar-refractivity contribution in [2.75, 3.05) is 18.4 Å². The molecule has 1 amide bonds. The largest absolute Gasteiger partial charge is 0.324 e. The van der Waals surface area contributed by atoms with Crippen LogP contribution in [-0.4, -0.2) is 25.0 Å². The fraction of sp³-hybridized carbons (Fsp3) is 0.562. The van der Waals surface area contributed by atoms with Crippen molar-refractivity contribution in [2.24, 2.45) is 11.8 Å². The third kappa shape index (κ3) is 4.00. The van der Waals surface area contributed by atoms with E-state index in [-0.39, 0.29) is 17.6 Å². The molecule has 1 heterocycles. The van der Waals surface area contributed by atoms with Gasteiger partial charge in [0, 0.05) is 17.9 Å². The Hall–Kier alpha value is -1.49. The van der Waals surface area contributed by atoms with Crippen LogP contribution < -0.4 is 10.2 Å². The summed E-state index contributed by atoms with van der Waals surface area (Å²) in [5.74, 6) is -0.450. The normalized spacial score (nSPS) is 27.2. The Morgan fingerprint density at radius 3 is 2.48 bits per heavy atom.